The Balaban J connectivity index is 2.07. The molecule has 0 amide bonds. The van der Waals surface area contributed by atoms with E-state index < -0.39 is 4.92 Å². The Hall–Kier alpha value is -3.22. The van der Waals surface area contributed by atoms with Crippen LogP contribution in [-0.2, 0) is 0 Å². The second-order valence-electron chi connectivity index (χ2n) is 5.62. The first-order valence-electron chi connectivity index (χ1n) is 7.46. The molecule has 0 fully saturated rings. The van der Waals surface area contributed by atoms with E-state index >= 15 is 0 Å². The van der Waals surface area contributed by atoms with Crippen molar-refractivity contribution in [2.24, 2.45) is 4.99 Å². The van der Waals surface area contributed by atoms with E-state index in [1.165, 1.54) is 24.4 Å². The van der Waals surface area contributed by atoms with Gasteiger partial charge in [-0.1, -0.05) is 12.1 Å². The molecule has 3 aromatic rings. The maximum atomic E-state index is 10.9. The van der Waals surface area contributed by atoms with Crippen LogP contribution in [0.2, 0.25) is 0 Å². The number of rotatable bonds is 4. The fraction of sp³-hybridized carbons (Fsp3) is 0.176. The molecule has 7 nitrogen and oxygen atoms in total. The van der Waals surface area contributed by atoms with Gasteiger partial charge in [-0.2, -0.15) is 0 Å². The molecule has 0 saturated heterocycles. The van der Waals surface area contributed by atoms with Gasteiger partial charge >= 0.3 is 0 Å². The van der Waals surface area contributed by atoms with Gasteiger partial charge in [0.1, 0.15) is 5.75 Å². The summed E-state index contributed by atoms with van der Waals surface area (Å²) in [4.78, 5) is 19.2. The number of hydrogen-bond donors (Lipinski definition) is 1. The lowest BCUT2D eigenvalue weighted by atomic mass is 10.2. The zero-order chi connectivity index (χ0) is 17.3. The molecule has 1 N–H and O–H groups in total. The van der Waals surface area contributed by atoms with Crippen molar-refractivity contribution in [3.63, 3.8) is 0 Å². The molecular formula is C17H16N4O3. The van der Waals surface area contributed by atoms with Crippen LogP contribution in [0.25, 0.3) is 11.0 Å². The fourth-order valence-corrected chi connectivity index (χ4v) is 2.52. The smallest absolute Gasteiger partial charge is 0.270 e. The van der Waals surface area contributed by atoms with Gasteiger partial charge in [0.2, 0.25) is 5.95 Å². The van der Waals surface area contributed by atoms with E-state index in [0.717, 1.165) is 11.0 Å². The maximum Gasteiger partial charge on any atom is 0.270 e. The van der Waals surface area contributed by atoms with Gasteiger partial charge < -0.3 is 9.67 Å². The van der Waals surface area contributed by atoms with Gasteiger partial charge in [0.25, 0.3) is 5.69 Å². The monoisotopic (exact) mass is 324 g/mol. The van der Waals surface area contributed by atoms with E-state index in [-0.39, 0.29) is 23.0 Å². The van der Waals surface area contributed by atoms with Crippen LogP contribution in [0.3, 0.4) is 0 Å². The second kappa shape index (κ2) is 6.11. The molecular weight excluding hydrogens is 308 g/mol. The van der Waals surface area contributed by atoms with Gasteiger partial charge in [0.15, 0.2) is 0 Å². The molecule has 0 atom stereocenters. The number of imidazole rings is 1. The number of fused-ring (bicyclic) bond motifs is 1. The van der Waals surface area contributed by atoms with Crippen molar-refractivity contribution in [1.29, 1.82) is 0 Å². The summed E-state index contributed by atoms with van der Waals surface area (Å²) in [5, 5.41) is 20.7. The number of nitrogens with zero attached hydrogens (tertiary/aromatic N) is 4. The highest BCUT2D eigenvalue weighted by Crippen LogP contribution is 2.27. The molecule has 7 heteroatoms. The highest BCUT2D eigenvalue weighted by atomic mass is 16.6. The number of aromatic nitrogens is 2. The average Bonchev–Trinajstić information content (AvgIpc) is 2.92. The lowest BCUT2D eigenvalue weighted by Gasteiger charge is -2.10. The number of aromatic hydroxyl groups is 1. The fourth-order valence-electron chi connectivity index (χ4n) is 2.52. The highest BCUT2D eigenvalue weighted by Gasteiger charge is 2.13. The minimum atomic E-state index is -0.514. The van der Waals surface area contributed by atoms with Crippen molar-refractivity contribution in [2.75, 3.05) is 0 Å². The van der Waals surface area contributed by atoms with E-state index in [2.05, 4.69) is 9.98 Å². The number of para-hydroxylation sites is 2. The highest BCUT2D eigenvalue weighted by molar-refractivity contribution is 5.87. The topological polar surface area (TPSA) is 93.5 Å². The molecule has 0 spiro atoms. The number of nitro benzene ring substituents is 1. The third-order valence-electron chi connectivity index (χ3n) is 3.63. The van der Waals surface area contributed by atoms with Gasteiger partial charge in [-0.05, 0) is 32.0 Å². The number of benzene rings is 2. The van der Waals surface area contributed by atoms with Gasteiger partial charge in [-0.25, -0.2) is 9.98 Å². The number of aliphatic imine (C=N–C) groups is 1. The number of nitro groups is 1. The first-order chi connectivity index (χ1) is 11.5. The van der Waals surface area contributed by atoms with E-state index in [9.17, 15) is 15.2 Å². The van der Waals surface area contributed by atoms with Crippen molar-refractivity contribution < 1.29 is 10.0 Å². The Bertz CT molecular complexity index is 944. The lowest BCUT2D eigenvalue weighted by molar-refractivity contribution is -0.384. The largest absolute Gasteiger partial charge is 0.507 e. The molecule has 2 aromatic carbocycles. The van der Waals surface area contributed by atoms with Crippen LogP contribution in [0, 0.1) is 10.1 Å². The molecule has 0 aliphatic carbocycles. The molecule has 0 bridgehead atoms. The number of hydrogen-bond acceptors (Lipinski definition) is 5. The Labute approximate surface area is 138 Å². The van der Waals surface area contributed by atoms with Gasteiger partial charge in [0, 0.05) is 30.0 Å². The van der Waals surface area contributed by atoms with Crippen LogP contribution >= 0.6 is 0 Å². The van der Waals surface area contributed by atoms with Gasteiger partial charge in [-0.3, -0.25) is 10.1 Å². The molecule has 0 radical (unpaired) electrons. The van der Waals surface area contributed by atoms with E-state index in [4.69, 9.17) is 0 Å². The molecule has 0 aliphatic heterocycles. The first kappa shape index (κ1) is 15.7. The van der Waals surface area contributed by atoms with E-state index in [0.29, 0.717) is 5.95 Å². The number of phenolic OH excluding ortho intramolecular Hbond substituents is 1. The standard InChI is InChI=1S/C17H16N4O3/c1-11(2)20-15-6-4-3-5-14(15)19-17(20)18-10-12-9-13(21(23)24)7-8-16(12)22/h3-11,22H,1-2H3/b18-10+. The number of phenols is 1. The third kappa shape index (κ3) is 2.83. The molecule has 0 saturated carbocycles. The van der Waals surface area contributed by atoms with Crippen molar-refractivity contribution in [3.05, 3.63) is 58.1 Å². The van der Waals surface area contributed by atoms with Gasteiger partial charge in [0.05, 0.1) is 16.0 Å². The van der Waals surface area contributed by atoms with Crippen LogP contribution in [0.4, 0.5) is 11.6 Å². The summed E-state index contributed by atoms with van der Waals surface area (Å²) < 4.78 is 1.97. The second-order valence-corrected chi connectivity index (χ2v) is 5.62. The number of non-ortho nitro benzene ring substituents is 1. The quantitative estimate of drug-likeness (QED) is 0.446. The normalized spacial score (nSPS) is 11.6. The molecule has 3 rings (SSSR count). The van der Waals surface area contributed by atoms with Crippen molar-refractivity contribution >= 4 is 28.9 Å². The Morgan fingerprint density at radius 2 is 2.04 bits per heavy atom. The summed E-state index contributed by atoms with van der Waals surface area (Å²) in [6, 6.07) is 11.7. The summed E-state index contributed by atoms with van der Waals surface area (Å²) in [6.07, 6.45) is 1.39. The summed E-state index contributed by atoms with van der Waals surface area (Å²) in [5.41, 5.74) is 1.95. The zero-order valence-electron chi connectivity index (χ0n) is 13.2. The van der Waals surface area contributed by atoms with Crippen molar-refractivity contribution in [2.45, 2.75) is 19.9 Å². The average molecular weight is 324 g/mol. The predicted octanol–water partition coefficient (Wildman–Crippen LogP) is 3.98. The molecule has 0 unspecified atom stereocenters. The van der Waals surface area contributed by atoms with Crippen LogP contribution < -0.4 is 0 Å². The Kier molecular flexibility index (Phi) is 3.99. The van der Waals surface area contributed by atoms with Gasteiger partial charge in [-0.15, -0.1) is 0 Å². The summed E-state index contributed by atoms with van der Waals surface area (Å²) in [5.74, 6) is 0.411. The van der Waals surface area contributed by atoms with Crippen LogP contribution in [0.1, 0.15) is 25.5 Å². The van der Waals surface area contributed by atoms with Crippen LogP contribution in [0.5, 0.6) is 5.75 Å². The SMILES string of the molecule is CC(C)n1c(/N=C/c2cc([N+](=O)[O-])ccc2O)nc2ccccc21. The van der Waals surface area contributed by atoms with Crippen molar-refractivity contribution in [1.82, 2.24) is 9.55 Å². The maximum absolute atomic E-state index is 10.9. The van der Waals surface area contributed by atoms with Crippen LogP contribution in [-0.4, -0.2) is 25.8 Å². The minimum Gasteiger partial charge on any atom is -0.507 e. The van der Waals surface area contributed by atoms with Crippen molar-refractivity contribution in [3.8, 4) is 5.75 Å². The molecule has 24 heavy (non-hydrogen) atoms. The lowest BCUT2D eigenvalue weighted by Crippen LogP contribution is -2.00. The Morgan fingerprint density at radius 3 is 2.75 bits per heavy atom. The minimum absolute atomic E-state index is 0.0726. The molecule has 1 aromatic heterocycles. The first-order valence-corrected chi connectivity index (χ1v) is 7.46. The summed E-state index contributed by atoms with van der Waals surface area (Å²) >= 11 is 0. The summed E-state index contributed by atoms with van der Waals surface area (Å²) in [7, 11) is 0. The van der Waals surface area contributed by atoms with E-state index in [1.54, 1.807) is 0 Å². The summed E-state index contributed by atoms with van der Waals surface area (Å²) in [6.45, 7) is 4.05. The zero-order valence-corrected chi connectivity index (χ0v) is 13.2. The Morgan fingerprint density at radius 1 is 1.29 bits per heavy atom. The molecule has 122 valence electrons. The predicted molar refractivity (Wildman–Crippen MR) is 92.1 cm³/mol. The molecule has 0 aliphatic rings. The third-order valence-corrected chi connectivity index (χ3v) is 3.63. The van der Waals surface area contributed by atoms with E-state index in [1.807, 2.05) is 42.7 Å². The molecule has 1 heterocycles. The van der Waals surface area contributed by atoms with Crippen LogP contribution in [0.15, 0.2) is 47.5 Å².